The summed E-state index contributed by atoms with van der Waals surface area (Å²) in [6, 6.07) is 7.37. The largest absolute Gasteiger partial charge is 0.245 e. The Hall–Kier alpha value is -1.96. The van der Waals surface area contributed by atoms with Crippen LogP contribution < -0.4 is 0 Å². The standard InChI is InChI=1S/C13H8F5NOS/c1-21(20,7-5-3-2-4-6-7)19-13-11(17)9(15)8(14)10(16)12(13)18/h2-6H,1H3. The molecular weight excluding hydrogens is 313 g/mol. The Morgan fingerprint density at radius 2 is 1.24 bits per heavy atom. The Morgan fingerprint density at radius 1 is 0.810 bits per heavy atom. The monoisotopic (exact) mass is 321 g/mol. The number of hydrogen-bond acceptors (Lipinski definition) is 2. The Balaban J connectivity index is 2.75. The number of rotatable bonds is 2. The van der Waals surface area contributed by atoms with E-state index in [4.69, 9.17) is 0 Å². The maximum atomic E-state index is 13.5. The predicted molar refractivity (Wildman–Crippen MR) is 67.1 cm³/mol. The first-order valence-electron chi connectivity index (χ1n) is 5.54. The van der Waals surface area contributed by atoms with Crippen LogP contribution in [0.15, 0.2) is 39.6 Å². The molecule has 0 aliphatic carbocycles. The van der Waals surface area contributed by atoms with Gasteiger partial charge in [0.2, 0.25) is 5.82 Å². The van der Waals surface area contributed by atoms with Gasteiger partial charge < -0.3 is 0 Å². The van der Waals surface area contributed by atoms with E-state index in [0.717, 1.165) is 6.26 Å². The molecule has 1 unspecified atom stereocenters. The molecule has 0 aliphatic rings. The van der Waals surface area contributed by atoms with Crippen molar-refractivity contribution in [1.82, 2.24) is 0 Å². The van der Waals surface area contributed by atoms with Crippen molar-refractivity contribution in [3.05, 3.63) is 59.4 Å². The lowest BCUT2D eigenvalue weighted by molar-refractivity contribution is 0.381. The molecule has 0 bridgehead atoms. The Morgan fingerprint density at radius 3 is 1.71 bits per heavy atom. The van der Waals surface area contributed by atoms with E-state index in [1.54, 1.807) is 6.07 Å². The van der Waals surface area contributed by atoms with Crippen LogP contribution in [0.25, 0.3) is 0 Å². The van der Waals surface area contributed by atoms with Crippen LogP contribution in [0, 0.1) is 29.1 Å². The van der Waals surface area contributed by atoms with Gasteiger partial charge in [0.05, 0.1) is 9.73 Å². The predicted octanol–water partition coefficient (Wildman–Crippen LogP) is 4.17. The van der Waals surface area contributed by atoms with Crippen LogP contribution in [0.4, 0.5) is 27.6 Å². The Bertz CT molecular complexity index is 784. The Kier molecular flexibility index (Phi) is 3.99. The molecular formula is C13H8F5NOS. The minimum absolute atomic E-state index is 0.106. The molecule has 0 saturated carbocycles. The smallest absolute Gasteiger partial charge is 0.200 e. The molecule has 0 radical (unpaired) electrons. The van der Waals surface area contributed by atoms with Gasteiger partial charge in [-0.2, -0.15) is 4.36 Å². The summed E-state index contributed by atoms with van der Waals surface area (Å²) < 4.78 is 81.6. The maximum Gasteiger partial charge on any atom is 0.200 e. The second kappa shape index (κ2) is 5.44. The van der Waals surface area contributed by atoms with Crippen LogP contribution in [-0.4, -0.2) is 10.5 Å². The summed E-state index contributed by atoms with van der Waals surface area (Å²) in [5.74, 6) is -10.8. The van der Waals surface area contributed by atoms with Crippen LogP contribution in [0.5, 0.6) is 0 Å². The molecule has 0 amide bonds. The van der Waals surface area contributed by atoms with Crippen molar-refractivity contribution >= 4 is 15.4 Å². The van der Waals surface area contributed by atoms with Crippen LogP contribution in [-0.2, 0) is 9.73 Å². The van der Waals surface area contributed by atoms with Gasteiger partial charge in [-0.25, -0.2) is 26.2 Å². The first kappa shape index (κ1) is 15.4. The summed E-state index contributed by atoms with van der Waals surface area (Å²) in [5.41, 5.74) is -1.44. The van der Waals surface area contributed by atoms with Gasteiger partial charge >= 0.3 is 0 Å². The zero-order valence-electron chi connectivity index (χ0n) is 10.5. The molecule has 0 spiro atoms. The van der Waals surface area contributed by atoms with Crippen LogP contribution in [0.1, 0.15) is 0 Å². The molecule has 0 heterocycles. The molecule has 8 heteroatoms. The third kappa shape index (κ3) is 2.76. The van der Waals surface area contributed by atoms with Gasteiger partial charge in [-0.05, 0) is 12.1 Å². The fourth-order valence-corrected chi connectivity index (χ4v) is 2.85. The second-order valence-electron chi connectivity index (χ2n) is 4.13. The van der Waals surface area contributed by atoms with Crippen molar-refractivity contribution in [3.8, 4) is 0 Å². The van der Waals surface area contributed by atoms with Crippen molar-refractivity contribution in [2.45, 2.75) is 4.90 Å². The molecule has 0 aromatic heterocycles. The van der Waals surface area contributed by atoms with Gasteiger partial charge in [0.1, 0.15) is 0 Å². The first-order valence-corrected chi connectivity index (χ1v) is 7.46. The molecule has 2 aromatic rings. The molecule has 112 valence electrons. The molecule has 0 saturated heterocycles. The summed E-state index contributed by atoms with van der Waals surface area (Å²) in [6.45, 7) is 0. The van der Waals surface area contributed by atoms with E-state index in [0.29, 0.717) is 0 Å². The molecule has 1 atom stereocenters. The third-order valence-electron chi connectivity index (χ3n) is 2.63. The van der Waals surface area contributed by atoms with E-state index >= 15 is 0 Å². The zero-order valence-corrected chi connectivity index (χ0v) is 11.4. The van der Waals surface area contributed by atoms with Crippen molar-refractivity contribution < 1.29 is 26.2 Å². The first-order chi connectivity index (χ1) is 9.75. The number of benzene rings is 2. The quantitative estimate of drug-likeness (QED) is 0.464. The van der Waals surface area contributed by atoms with E-state index in [9.17, 15) is 26.2 Å². The van der Waals surface area contributed by atoms with Crippen LogP contribution in [0.2, 0.25) is 0 Å². The fraction of sp³-hybridized carbons (Fsp3) is 0.0769. The molecule has 21 heavy (non-hydrogen) atoms. The summed E-state index contributed by atoms with van der Waals surface area (Å²) in [4.78, 5) is 0.106. The molecule has 0 aliphatic heterocycles. The van der Waals surface area contributed by atoms with Crippen molar-refractivity contribution in [2.75, 3.05) is 6.26 Å². The number of hydrogen-bond donors (Lipinski definition) is 0. The lowest BCUT2D eigenvalue weighted by Gasteiger charge is -2.07. The molecule has 2 rings (SSSR count). The average molecular weight is 321 g/mol. The third-order valence-corrected chi connectivity index (χ3v) is 4.31. The van der Waals surface area contributed by atoms with E-state index in [1.807, 2.05) is 0 Å². The molecule has 2 aromatic carbocycles. The molecule has 0 fully saturated rings. The van der Waals surface area contributed by atoms with Gasteiger partial charge in [0.25, 0.3) is 0 Å². The Labute approximate surface area is 117 Å². The topological polar surface area (TPSA) is 29.4 Å². The van der Waals surface area contributed by atoms with E-state index in [-0.39, 0.29) is 4.90 Å². The molecule has 0 N–H and O–H groups in total. The fourth-order valence-electron chi connectivity index (χ4n) is 1.57. The highest BCUT2D eigenvalue weighted by atomic mass is 32.2. The van der Waals surface area contributed by atoms with E-state index < -0.39 is 44.5 Å². The maximum absolute atomic E-state index is 13.5. The molecule has 2 nitrogen and oxygen atoms in total. The summed E-state index contributed by atoms with van der Waals surface area (Å²) in [6.07, 6.45) is 1.04. The number of nitrogens with zero attached hydrogens (tertiary/aromatic N) is 1. The van der Waals surface area contributed by atoms with E-state index in [2.05, 4.69) is 4.36 Å². The normalized spacial score (nSPS) is 13.8. The summed E-state index contributed by atoms with van der Waals surface area (Å²) in [7, 11) is -3.37. The highest BCUT2D eigenvalue weighted by Crippen LogP contribution is 2.31. The van der Waals surface area contributed by atoms with Crippen LogP contribution in [0.3, 0.4) is 0 Å². The lowest BCUT2D eigenvalue weighted by Crippen LogP contribution is -2.03. The van der Waals surface area contributed by atoms with Crippen LogP contribution >= 0.6 is 0 Å². The van der Waals surface area contributed by atoms with Crippen molar-refractivity contribution in [3.63, 3.8) is 0 Å². The van der Waals surface area contributed by atoms with Gasteiger partial charge in [0, 0.05) is 11.2 Å². The lowest BCUT2D eigenvalue weighted by atomic mass is 10.2. The summed E-state index contributed by atoms with van der Waals surface area (Å²) in [5, 5.41) is 0. The van der Waals surface area contributed by atoms with E-state index in [1.165, 1.54) is 24.3 Å². The van der Waals surface area contributed by atoms with Crippen molar-refractivity contribution in [2.24, 2.45) is 4.36 Å². The van der Waals surface area contributed by atoms with Gasteiger partial charge in [-0.1, -0.05) is 18.2 Å². The van der Waals surface area contributed by atoms with Gasteiger partial charge in [0.15, 0.2) is 29.0 Å². The highest BCUT2D eigenvalue weighted by Gasteiger charge is 2.26. The van der Waals surface area contributed by atoms with Gasteiger partial charge in [-0.15, -0.1) is 0 Å². The average Bonchev–Trinajstić information content (AvgIpc) is 2.48. The minimum Gasteiger partial charge on any atom is -0.245 e. The highest BCUT2D eigenvalue weighted by molar-refractivity contribution is 7.93. The zero-order chi connectivity index (χ0) is 15.8. The van der Waals surface area contributed by atoms with Crippen molar-refractivity contribution in [1.29, 1.82) is 0 Å². The SMILES string of the molecule is CS(=O)(=Nc1c(F)c(F)c(F)c(F)c1F)c1ccccc1. The number of halogens is 5. The summed E-state index contributed by atoms with van der Waals surface area (Å²) >= 11 is 0. The van der Waals surface area contributed by atoms with Gasteiger partial charge in [-0.3, -0.25) is 0 Å². The minimum atomic E-state index is -3.37. The second-order valence-corrected chi connectivity index (χ2v) is 6.38.